The second-order valence-electron chi connectivity index (χ2n) is 19.3. The highest BCUT2D eigenvalue weighted by molar-refractivity contribution is 6.25. The molecule has 7 heterocycles. The quantitative estimate of drug-likeness (QED) is 0.0448. The van der Waals surface area contributed by atoms with E-state index in [4.69, 9.17) is 13.9 Å². The number of likely N-dealkylation sites (tertiary alicyclic amines) is 2. The normalized spacial score (nSPS) is 18.6. The maximum Gasteiger partial charge on any atom is 0.284 e. The van der Waals surface area contributed by atoms with Gasteiger partial charge in [0.25, 0.3) is 24.1 Å². The smallest absolute Gasteiger partial charge is 0.284 e. The van der Waals surface area contributed by atoms with Crippen LogP contribution in [0.3, 0.4) is 0 Å². The number of imide groups is 2. The second kappa shape index (κ2) is 21.4. The molecule has 0 radical (unpaired) electrons. The van der Waals surface area contributed by atoms with Crippen LogP contribution in [0, 0.1) is 11.3 Å². The van der Waals surface area contributed by atoms with Crippen molar-refractivity contribution in [1.82, 2.24) is 39.8 Å². The Hall–Kier alpha value is -6.94. The van der Waals surface area contributed by atoms with Crippen molar-refractivity contribution in [2.75, 3.05) is 94.7 Å². The summed E-state index contributed by atoms with van der Waals surface area (Å²) in [4.78, 5) is 77.9. The number of fused-ring (bicyclic) bond motifs is 1. The number of hydrogen-bond acceptors (Lipinski definition) is 15. The molecule has 378 valence electrons. The number of hydrogen-bond donors (Lipinski definition) is 4. The molecule has 1 unspecified atom stereocenters. The summed E-state index contributed by atoms with van der Waals surface area (Å²) in [6, 6.07) is 15.0. The lowest BCUT2D eigenvalue weighted by Gasteiger charge is -2.60. The summed E-state index contributed by atoms with van der Waals surface area (Å²) >= 11 is 0. The molecule has 10 rings (SSSR count). The summed E-state index contributed by atoms with van der Waals surface area (Å²) in [6.45, 7) is 9.56. The number of nitrogens with zero attached hydrogens (tertiary/aromatic N) is 7. The van der Waals surface area contributed by atoms with Gasteiger partial charge in [-0.3, -0.25) is 44.0 Å². The number of alkyl halides is 2. The molecule has 19 nitrogen and oxygen atoms in total. The number of unbranched alkanes of at least 4 members (excludes halogenated alkanes) is 1. The van der Waals surface area contributed by atoms with Crippen LogP contribution < -0.4 is 21.3 Å². The Morgan fingerprint density at radius 3 is 2.38 bits per heavy atom. The number of nitrogens with one attached hydrogen (secondary N) is 4. The van der Waals surface area contributed by atoms with E-state index in [1.807, 2.05) is 24.3 Å². The lowest BCUT2D eigenvalue weighted by Crippen LogP contribution is -2.72. The molecule has 3 saturated heterocycles. The largest absolute Gasteiger partial charge is 0.444 e. The maximum absolute atomic E-state index is 14.1. The van der Waals surface area contributed by atoms with Gasteiger partial charge in [0.1, 0.15) is 18.1 Å². The number of aromatic nitrogens is 4. The molecule has 5 aliphatic rings. The molecule has 1 aliphatic carbocycles. The number of halogens is 2. The standard InChI is InChI=1S/C51H57F2N11O8/c52-45(53)44-38(57-46(66)39-27-72-48(58-39)34-15-16-55-41(24-34)56-25-33-7-8-33)26-63(60-44)35-11-9-32(10-12-35)4-1-2-20-70-22-18-61-28-51(29-61)30-62(31-51)19-23-71-21-17-54-37-6-3-5-36-43(37)50(69)64(49(36)68)40-13-14-42(65)59-47(40)67/h3,5-6,9-12,15-16,24,26-27,33,40,45,54H,1-2,4,7-8,13-14,17-23,25,28-31H2,(H,55,56)(H,57,66)(H,59,65,67). The first-order valence-corrected chi connectivity index (χ1v) is 24.6. The predicted molar refractivity (Wildman–Crippen MR) is 259 cm³/mol. The number of oxazole rings is 1. The number of rotatable bonds is 24. The van der Waals surface area contributed by atoms with Gasteiger partial charge in [0.15, 0.2) is 11.4 Å². The number of aryl methyl sites for hydroxylation is 1. The van der Waals surface area contributed by atoms with E-state index in [-0.39, 0.29) is 41.2 Å². The molecule has 72 heavy (non-hydrogen) atoms. The topological polar surface area (TPSA) is 218 Å². The van der Waals surface area contributed by atoms with Crippen LogP contribution in [0.5, 0.6) is 0 Å². The van der Waals surface area contributed by atoms with Crippen molar-refractivity contribution in [2.45, 2.75) is 57.4 Å². The number of anilines is 3. The minimum absolute atomic E-state index is 0.0608. The average molecular weight is 990 g/mol. The molecule has 1 atom stereocenters. The van der Waals surface area contributed by atoms with Gasteiger partial charge in [-0.15, -0.1) is 0 Å². The molecular formula is C51H57F2N11O8. The highest BCUT2D eigenvalue weighted by Crippen LogP contribution is 2.39. The second-order valence-corrected chi connectivity index (χ2v) is 19.3. The maximum atomic E-state index is 14.1. The number of carbonyl (C=O) groups excluding carboxylic acids is 5. The number of benzene rings is 2. The number of amides is 5. The highest BCUT2D eigenvalue weighted by atomic mass is 19.3. The lowest BCUT2D eigenvalue weighted by molar-refractivity contribution is -0.136. The Balaban J connectivity index is 0.572. The van der Waals surface area contributed by atoms with E-state index in [1.54, 1.807) is 36.5 Å². The fourth-order valence-electron chi connectivity index (χ4n) is 9.89. The van der Waals surface area contributed by atoms with E-state index in [9.17, 15) is 32.8 Å². The van der Waals surface area contributed by atoms with E-state index < -0.39 is 47.7 Å². The van der Waals surface area contributed by atoms with Crippen LogP contribution in [0.25, 0.3) is 17.1 Å². The van der Waals surface area contributed by atoms with Crippen molar-refractivity contribution in [1.29, 1.82) is 0 Å². The minimum atomic E-state index is -2.92. The van der Waals surface area contributed by atoms with Crippen LogP contribution in [0.1, 0.15) is 87.4 Å². The molecule has 4 aliphatic heterocycles. The molecule has 0 bridgehead atoms. The van der Waals surface area contributed by atoms with Crippen molar-refractivity contribution in [3.8, 4) is 17.1 Å². The fraction of sp³-hybridized carbons (Fsp3) is 0.451. The van der Waals surface area contributed by atoms with Gasteiger partial charge in [0.2, 0.25) is 17.7 Å². The van der Waals surface area contributed by atoms with Crippen molar-refractivity contribution in [2.24, 2.45) is 11.3 Å². The van der Waals surface area contributed by atoms with Crippen LogP contribution in [-0.4, -0.2) is 149 Å². The molecule has 3 aromatic heterocycles. The number of ether oxygens (including phenoxy) is 2. The number of carbonyl (C=O) groups is 5. The third kappa shape index (κ3) is 11.1. The predicted octanol–water partition coefficient (Wildman–Crippen LogP) is 5.42. The fourth-order valence-corrected chi connectivity index (χ4v) is 9.89. The van der Waals surface area contributed by atoms with Crippen LogP contribution in [-0.2, 0) is 25.5 Å². The van der Waals surface area contributed by atoms with E-state index in [1.165, 1.54) is 30.0 Å². The van der Waals surface area contributed by atoms with Gasteiger partial charge >= 0.3 is 0 Å². The third-order valence-electron chi connectivity index (χ3n) is 13.8. The summed E-state index contributed by atoms with van der Waals surface area (Å²) < 4.78 is 46.9. The van der Waals surface area contributed by atoms with Crippen molar-refractivity contribution in [3.05, 3.63) is 101 Å². The Morgan fingerprint density at radius 1 is 0.875 bits per heavy atom. The van der Waals surface area contributed by atoms with Crippen LogP contribution >= 0.6 is 0 Å². The third-order valence-corrected chi connectivity index (χ3v) is 13.8. The SMILES string of the molecule is O=C1CCC(N2C(=O)c3cccc(NCCOCCN4CC5(CN(CCOCCCCc6ccc(-n7cc(NC(=O)c8coc(-c9ccnc(NCC%10CC%10)c9)n8)c(C(F)F)n7)cc6)C5)C4)c3C2=O)C(=O)N1. The summed E-state index contributed by atoms with van der Waals surface area (Å²) in [7, 11) is 0. The van der Waals surface area contributed by atoms with Crippen LogP contribution in [0.4, 0.5) is 26.0 Å². The molecule has 5 aromatic rings. The zero-order valence-electron chi connectivity index (χ0n) is 39.7. The van der Waals surface area contributed by atoms with Crippen LogP contribution in [0.2, 0.25) is 0 Å². The Morgan fingerprint density at radius 2 is 1.64 bits per heavy atom. The molecule has 4 fully saturated rings. The molecule has 4 N–H and O–H groups in total. The Labute approximate surface area is 414 Å². The number of pyridine rings is 1. The molecule has 5 amide bonds. The zero-order valence-corrected chi connectivity index (χ0v) is 39.7. The minimum Gasteiger partial charge on any atom is -0.444 e. The van der Waals surface area contributed by atoms with Gasteiger partial charge < -0.3 is 29.8 Å². The monoisotopic (exact) mass is 989 g/mol. The van der Waals surface area contributed by atoms with Gasteiger partial charge in [-0.1, -0.05) is 18.2 Å². The highest BCUT2D eigenvalue weighted by Gasteiger charge is 2.51. The molecule has 21 heteroatoms. The average Bonchev–Trinajstić information content (AvgIpc) is 3.75. The van der Waals surface area contributed by atoms with Crippen molar-refractivity contribution < 1.29 is 46.6 Å². The van der Waals surface area contributed by atoms with Crippen molar-refractivity contribution in [3.63, 3.8) is 0 Å². The van der Waals surface area contributed by atoms with E-state index in [2.05, 4.69) is 46.1 Å². The van der Waals surface area contributed by atoms with E-state index in [0.717, 1.165) is 75.5 Å². The first-order chi connectivity index (χ1) is 35.0. The molecular weight excluding hydrogens is 933 g/mol. The Bertz CT molecular complexity index is 2800. The van der Waals surface area contributed by atoms with E-state index >= 15 is 0 Å². The van der Waals surface area contributed by atoms with Gasteiger partial charge in [0, 0.05) is 88.2 Å². The zero-order chi connectivity index (χ0) is 49.8. The Kier molecular flexibility index (Phi) is 14.5. The van der Waals surface area contributed by atoms with Gasteiger partial charge in [-0.05, 0) is 86.4 Å². The summed E-state index contributed by atoms with van der Waals surface area (Å²) in [5, 5.41) is 15.3. The summed E-state index contributed by atoms with van der Waals surface area (Å²) in [5.74, 6) is -1.28. The van der Waals surface area contributed by atoms with Crippen molar-refractivity contribution >= 4 is 46.7 Å². The summed E-state index contributed by atoms with van der Waals surface area (Å²) in [6.07, 6.45) is 6.53. The lowest BCUT2D eigenvalue weighted by atomic mass is 9.73. The van der Waals surface area contributed by atoms with Gasteiger partial charge in [-0.2, -0.15) is 5.10 Å². The molecule has 1 spiro atoms. The first-order valence-electron chi connectivity index (χ1n) is 24.6. The van der Waals surface area contributed by atoms with E-state index in [0.29, 0.717) is 67.1 Å². The summed E-state index contributed by atoms with van der Waals surface area (Å²) in [5.41, 5.74) is 2.89. The first kappa shape index (κ1) is 48.7. The molecule has 2 aromatic carbocycles. The van der Waals surface area contributed by atoms with Gasteiger partial charge in [-0.25, -0.2) is 23.4 Å². The van der Waals surface area contributed by atoms with Gasteiger partial charge in [0.05, 0.1) is 48.5 Å². The number of piperidine rings is 1. The molecule has 1 saturated carbocycles. The van der Waals surface area contributed by atoms with Crippen LogP contribution in [0.15, 0.2) is 77.7 Å².